The summed E-state index contributed by atoms with van der Waals surface area (Å²) in [7, 11) is -0.317. The van der Waals surface area contributed by atoms with Gasteiger partial charge in [-0.3, -0.25) is 5.10 Å². The number of nitrogens with zero attached hydrogens (tertiary/aromatic N) is 1. The minimum Gasteiger partial charge on any atom is -0.398 e. The van der Waals surface area contributed by atoms with Crippen molar-refractivity contribution in [1.29, 1.82) is 0 Å². The van der Waals surface area contributed by atoms with E-state index in [9.17, 15) is 0 Å². The van der Waals surface area contributed by atoms with E-state index < -0.39 is 0 Å². The van der Waals surface area contributed by atoms with Gasteiger partial charge in [-0.05, 0) is 52.0 Å². The van der Waals surface area contributed by atoms with Crippen LogP contribution >= 0.6 is 0 Å². The number of aromatic nitrogens is 2. The normalized spacial score (nSPS) is 26.2. The second-order valence-corrected chi connectivity index (χ2v) is 6.81. The number of hydrogen-bond acceptors (Lipinski definition) is 3. The molecule has 2 heterocycles. The molecule has 0 radical (unpaired) electrons. The molecule has 1 aromatic rings. The van der Waals surface area contributed by atoms with Crippen molar-refractivity contribution in [2.24, 2.45) is 0 Å². The molecule has 2 fully saturated rings. The van der Waals surface area contributed by atoms with Crippen molar-refractivity contribution in [2.45, 2.75) is 70.5 Å². The van der Waals surface area contributed by atoms with Crippen LogP contribution in [0.4, 0.5) is 0 Å². The first-order chi connectivity index (χ1) is 8.91. The molecule has 0 unspecified atom stereocenters. The number of hydrogen-bond donors (Lipinski definition) is 1. The van der Waals surface area contributed by atoms with Gasteiger partial charge < -0.3 is 9.31 Å². The van der Waals surface area contributed by atoms with E-state index in [-0.39, 0.29) is 18.3 Å². The molecule has 1 saturated heterocycles. The molecule has 0 spiro atoms. The smallest absolute Gasteiger partial charge is 0.398 e. The molecule has 1 aromatic heterocycles. The van der Waals surface area contributed by atoms with Crippen molar-refractivity contribution < 1.29 is 9.31 Å². The van der Waals surface area contributed by atoms with Crippen LogP contribution in [0.15, 0.2) is 6.20 Å². The third-order valence-electron chi connectivity index (χ3n) is 4.98. The summed E-state index contributed by atoms with van der Waals surface area (Å²) < 4.78 is 12.2. The summed E-state index contributed by atoms with van der Waals surface area (Å²) in [5.74, 6) is 0.618. The summed E-state index contributed by atoms with van der Waals surface area (Å²) in [5.41, 5.74) is 1.72. The van der Waals surface area contributed by atoms with Crippen molar-refractivity contribution in [3.05, 3.63) is 11.8 Å². The molecule has 3 rings (SSSR count). The van der Waals surface area contributed by atoms with Crippen LogP contribution in [0.2, 0.25) is 0 Å². The highest BCUT2D eigenvalue weighted by molar-refractivity contribution is 6.61. The molecule has 0 aromatic carbocycles. The minimum atomic E-state index is -0.317. The molecule has 4 nitrogen and oxygen atoms in total. The topological polar surface area (TPSA) is 47.1 Å². The highest BCUT2D eigenvalue weighted by atomic mass is 16.7. The van der Waals surface area contributed by atoms with Gasteiger partial charge in [-0.2, -0.15) is 5.10 Å². The summed E-state index contributed by atoms with van der Waals surface area (Å²) in [6.07, 6.45) is 7.10. The van der Waals surface area contributed by atoms with Gasteiger partial charge in [0, 0.05) is 0 Å². The van der Waals surface area contributed by atoms with Crippen LogP contribution in [0, 0.1) is 0 Å². The van der Waals surface area contributed by atoms with E-state index in [2.05, 4.69) is 37.9 Å². The Morgan fingerprint density at radius 1 is 1.16 bits per heavy atom. The summed E-state index contributed by atoms with van der Waals surface area (Å²) in [4.78, 5) is 0. The second kappa shape index (κ2) is 4.35. The summed E-state index contributed by atoms with van der Waals surface area (Å²) in [6, 6.07) is 0. The van der Waals surface area contributed by atoms with Gasteiger partial charge in [-0.15, -0.1) is 0 Å². The Morgan fingerprint density at radius 2 is 1.74 bits per heavy atom. The molecule has 1 aliphatic carbocycles. The maximum absolute atomic E-state index is 6.12. The standard InChI is InChI=1S/C14H23BN2O2/c1-13(2)14(3,4)19-15(18-13)12-11(9-16-17-12)10-7-5-6-8-10/h9-10H,5-8H2,1-4H3,(H,16,17). The van der Waals surface area contributed by atoms with Crippen LogP contribution in [-0.2, 0) is 9.31 Å². The van der Waals surface area contributed by atoms with E-state index >= 15 is 0 Å². The van der Waals surface area contributed by atoms with Gasteiger partial charge in [0.2, 0.25) is 0 Å². The molecule has 1 N–H and O–H groups in total. The van der Waals surface area contributed by atoms with Crippen LogP contribution in [-0.4, -0.2) is 28.5 Å². The Bertz CT molecular complexity index is 448. The highest BCUT2D eigenvalue weighted by Gasteiger charge is 2.53. The first-order valence-electron chi connectivity index (χ1n) is 7.29. The first kappa shape index (κ1) is 13.2. The zero-order valence-corrected chi connectivity index (χ0v) is 12.3. The lowest BCUT2D eigenvalue weighted by Gasteiger charge is -2.32. The fourth-order valence-electron chi connectivity index (χ4n) is 3.02. The molecule has 0 bridgehead atoms. The maximum Gasteiger partial charge on any atom is 0.514 e. The Hall–Kier alpha value is -0.805. The average Bonchev–Trinajstić information content (AvgIpc) is 3.00. The molecule has 1 aliphatic heterocycles. The summed E-state index contributed by atoms with van der Waals surface area (Å²) in [6.45, 7) is 8.33. The average molecular weight is 262 g/mol. The SMILES string of the molecule is CC1(C)OB(c2[nH]ncc2C2CCCC2)OC1(C)C. The predicted octanol–water partition coefficient (Wildman–Crippen LogP) is 2.37. The van der Waals surface area contributed by atoms with E-state index in [4.69, 9.17) is 9.31 Å². The zero-order valence-electron chi connectivity index (χ0n) is 12.3. The lowest BCUT2D eigenvalue weighted by Crippen LogP contribution is -2.41. The van der Waals surface area contributed by atoms with E-state index in [1.54, 1.807) is 0 Å². The van der Waals surface area contributed by atoms with E-state index in [1.165, 1.54) is 31.2 Å². The largest absolute Gasteiger partial charge is 0.514 e. The summed E-state index contributed by atoms with van der Waals surface area (Å²) in [5, 5.41) is 7.32. The Kier molecular flexibility index (Phi) is 3.02. The first-order valence-corrected chi connectivity index (χ1v) is 7.29. The molecule has 1 saturated carbocycles. The monoisotopic (exact) mass is 262 g/mol. The minimum absolute atomic E-state index is 0.296. The van der Waals surface area contributed by atoms with Crippen molar-refractivity contribution in [3.63, 3.8) is 0 Å². The van der Waals surface area contributed by atoms with Gasteiger partial charge in [-0.1, -0.05) is 12.8 Å². The van der Waals surface area contributed by atoms with E-state index in [0.29, 0.717) is 5.92 Å². The summed E-state index contributed by atoms with van der Waals surface area (Å²) >= 11 is 0. The van der Waals surface area contributed by atoms with Crippen LogP contribution in [0.25, 0.3) is 0 Å². The molecule has 0 atom stereocenters. The fraction of sp³-hybridized carbons (Fsp3) is 0.786. The molecule has 104 valence electrons. The number of nitrogens with one attached hydrogen (secondary N) is 1. The Labute approximate surface area is 115 Å². The third kappa shape index (κ3) is 2.13. The number of H-pyrrole nitrogens is 1. The fourth-order valence-corrected chi connectivity index (χ4v) is 3.02. The molecule has 0 amide bonds. The lowest BCUT2D eigenvalue weighted by molar-refractivity contribution is 0.00578. The predicted molar refractivity (Wildman–Crippen MR) is 75.5 cm³/mol. The van der Waals surface area contributed by atoms with Crippen LogP contribution in [0.3, 0.4) is 0 Å². The van der Waals surface area contributed by atoms with E-state index in [1.807, 2.05) is 6.20 Å². The van der Waals surface area contributed by atoms with Gasteiger partial charge in [0.05, 0.1) is 23.0 Å². The van der Waals surface area contributed by atoms with Gasteiger partial charge >= 0.3 is 7.12 Å². The number of aromatic amines is 1. The Morgan fingerprint density at radius 3 is 2.32 bits per heavy atom. The van der Waals surface area contributed by atoms with Gasteiger partial charge in [-0.25, -0.2) is 0 Å². The van der Waals surface area contributed by atoms with Crippen molar-refractivity contribution in [1.82, 2.24) is 10.2 Å². The highest BCUT2D eigenvalue weighted by Crippen LogP contribution is 2.38. The Balaban J connectivity index is 1.86. The molecule has 2 aliphatic rings. The van der Waals surface area contributed by atoms with Crippen molar-refractivity contribution in [3.8, 4) is 0 Å². The lowest BCUT2D eigenvalue weighted by atomic mass is 9.78. The third-order valence-corrected chi connectivity index (χ3v) is 4.98. The quantitative estimate of drug-likeness (QED) is 0.832. The van der Waals surface area contributed by atoms with E-state index in [0.717, 1.165) is 5.59 Å². The van der Waals surface area contributed by atoms with Crippen LogP contribution in [0.5, 0.6) is 0 Å². The maximum atomic E-state index is 6.12. The van der Waals surface area contributed by atoms with Crippen LogP contribution < -0.4 is 5.59 Å². The van der Waals surface area contributed by atoms with Crippen LogP contribution in [0.1, 0.15) is 64.9 Å². The van der Waals surface area contributed by atoms with Gasteiger partial charge in [0.1, 0.15) is 0 Å². The number of rotatable bonds is 2. The second-order valence-electron chi connectivity index (χ2n) is 6.81. The molecular weight excluding hydrogens is 239 g/mol. The molecule has 19 heavy (non-hydrogen) atoms. The van der Waals surface area contributed by atoms with Gasteiger partial charge in [0.25, 0.3) is 0 Å². The van der Waals surface area contributed by atoms with Crippen molar-refractivity contribution >= 4 is 12.7 Å². The molecule has 5 heteroatoms. The molecular formula is C14H23BN2O2. The zero-order chi connectivity index (χ0) is 13.7. The van der Waals surface area contributed by atoms with Crippen molar-refractivity contribution in [2.75, 3.05) is 0 Å². The van der Waals surface area contributed by atoms with Gasteiger partial charge in [0.15, 0.2) is 0 Å².